The van der Waals surface area contributed by atoms with Crippen molar-refractivity contribution in [3.8, 4) is 11.5 Å². The number of carbonyl (C=O) groups is 1. The van der Waals surface area contributed by atoms with Gasteiger partial charge in [0.15, 0.2) is 0 Å². The van der Waals surface area contributed by atoms with Crippen molar-refractivity contribution in [3.63, 3.8) is 0 Å². The zero-order chi connectivity index (χ0) is 19.8. The number of methoxy groups -OCH3 is 2. The Morgan fingerprint density at radius 3 is 2.25 bits per heavy atom. The molecule has 1 heterocycles. The van der Waals surface area contributed by atoms with Crippen LogP contribution in [-0.4, -0.2) is 25.1 Å². The van der Waals surface area contributed by atoms with Crippen molar-refractivity contribution in [2.24, 2.45) is 0 Å². The molecule has 6 nitrogen and oxygen atoms in total. The normalized spacial score (nSPS) is 10.4. The zero-order valence-electron chi connectivity index (χ0n) is 15.9. The first-order chi connectivity index (χ1) is 13.7. The van der Waals surface area contributed by atoms with Gasteiger partial charge >= 0.3 is 0 Å². The van der Waals surface area contributed by atoms with Crippen LogP contribution in [0, 0.1) is 0 Å². The molecule has 1 amide bonds. The summed E-state index contributed by atoms with van der Waals surface area (Å²) in [7, 11) is 3.27. The van der Waals surface area contributed by atoms with Gasteiger partial charge < -0.3 is 20.1 Å². The fourth-order valence-electron chi connectivity index (χ4n) is 2.79. The monoisotopic (exact) mass is 377 g/mol. The van der Waals surface area contributed by atoms with Crippen LogP contribution < -0.4 is 20.1 Å². The predicted molar refractivity (Wildman–Crippen MR) is 109 cm³/mol. The van der Waals surface area contributed by atoms with Crippen LogP contribution in [0.15, 0.2) is 67.0 Å². The number of aromatic nitrogens is 1. The van der Waals surface area contributed by atoms with Crippen LogP contribution in [0.4, 0.5) is 5.69 Å². The van der Waals surface area contributed by atoms with Crippen molar-refractivity contribution < 1.29 is 14.3 Å². The number of benzene rings is 2. The third kappa shape index (κ3) is 5.31. The highest BCUT2D eigenvalue weighted by atomic mass is 16.5. The summed E-state index contributed by atoms with van der Waals surface area (Å²) in [6, 6.07) is 16.9. The summed E-state index contributed by atoms with van der Waals surface area (Å²) >= 11 is 0. The highest BCUT2D eigenvalue weighted by Gasteiger charge is 2.06. The number of nitrogens with one attached hydrogen (secondary N) is 2. The summed E-state index contributed by atoms with van der Waals surface area (Å²) in [5, 5.41) is 6.31. The van der Waals surface area contributed by atoms with E-state index in [1.807, 2.05) is 42.5 Å². The lowest BCUT2D eigenvalue weighted by Gasteiger charge is -2.11. The maximum atomic E-state index is 12.3. The molecule has 6 heteroatoms. The van der Waals surface area contributed by atoms with E-state index in [0.717, 1.165) is 28.3 Å². The summed E-state index contributed by atoms with van der Waals surface area (Å²) in [5.74, 6) is 1.37. The molecule has 0 unspecified atom stereocenters. The molecular formula is C22H23N3O3. The molecule has 1 aromatic heterocycles. The van der Waals surface area contributed by atoms with Crippen LogP contribution in [0.3, 0.4) is 0 Å². The summed E-state index contributed by atoms with van der Waals surface area (Å²) < 4.78 is 10.6. The van der Waals surface area contributed by atoms with Crippen LogP contribution in [0.2, 0.25) is 0 Å². The molecule has 0 saturated carbocycles. The SMILES string of the molecule is COc1cc(CNCc2cccc(NC(=O)c3ccncc3)c2)cc(OC)c1. The fourth-order valence-corrected chi connectivity index (χ4v) is 2.79. The Balaban J connectivity index is 1.58. The maximum Gasteiger partial charge on any atom is 0.255 e. The number of hydrogen-bond donors (Lipinski definition) is 2. The van der Waals surface area contributed by atoms with Gasteiger partial charge in [-0.25, -0.2) is 0 Å². The molecule has 0 aliphatic rings. The Labute approximate surface area is 164 Å². The van der Waals surface area contributed by atoms with Crippen LogP contribution in [-0.2, 0) is 13.1 Å². The van der Waals surface area contributed by atoms with Gasteiger partial charge in [0.1, 0.15) is 11.5 Å². The first-order valence-corrected chi connectivity index (χ1v) is 8.91. The van der Waals surface area contributed by atoms with E-state index in [-0.39, 0.29) is 5.91 Å². The third-order valence-electron chi connectivity index (χ3n) is 4.20. The van der Waals surface area contributed by atoms with Crippen LogP contribution in [0.25, 0.3) is 0 Å². The Bertz CT molecular complexity index is 907. The average molecular weight is 377 g/mol. The van der Waals surface area contributed by atoms with E-state index in [2.05, 4.69) is 15.6 Å². The number of rotatable bonds is 8. The second kappa shape index (κ2) is 9.53. The molecule has 2 aromatic carbocycles. The molecule has 2 N–H and O–H groups in total. The van der Waals surface area contributed by atoms with Crippen LogP contribution >= 0.6 is 0 Å². The third-order valence-corrected chi connectivity index (χ3v) is 4.20. The molecule has 3 rings (SSSR count). The van der Waals surface area contributed by atoms with E-state index < -0.39 is 0 Å². The largest absolute Gasteiger partial charge is 0.497 e. The highest BCUT2D eigenvalue weighted by molar-refractivity contribution is 6.04. The molecule has 0 fully saturated rings. The number of pyridine rings is 1. The van der Waals surface area contributed by atoms with E-state index in [0.29, 0.717) is 18.7 Å². The van der Waals surface area contributed by atoms with Crippen LogP contribution in [0.5, 0.6) is 11.5 Å². The van der Waals surface area contributed by atoms with Gasteiger partial charge in [0, 0.05) is 42.8 Å². The van der Waals surface area contributed by atoms with Gasteiger partial charge in [-0.05, 0) is 47.5 Å². The summed E-state index contributed by atoms with van der Waals surface area (Å²) in [5.41, 5.74) is 3.47. The first-order valence-electron chi connectivity index (χ1n) is 8.91. The number of anilines is 1. The summed E-state index contributed by atoms with van der Waals surface area (Å²) in [6.45, 7) is 1.33. The first kappa shape index (κ1) is 19.4. The average Bonchev–Trinajstić information content (AvgIpc) is 2.74. The molecule has 0 radical (unpaired) electrons. The molecule has 28 heavy (non-hydrogen) atoms. The fraction of sp³-hybridized carbons (Fsp3) is 0.182. The minimum atomic E-state index is -0.156. The van der Waals surface area contributed by atoms with Gasteiger partial charge in [0.2, 0.25) is 0 Å². The van der Waals surface area contributed by atoms with Crippen molar-refractivity contribution in [2.45, 2.75) is 13.1 Å². The molecule has 0 aliphatic heterocycles. The topological polar surface area (TPSA) is 72.5 Å². The second-order valence-electron chi connectivity index (χ2n) is 6.21. The smallest absolute Gasteiger partial charge is 0.255 e. The van der Waals surface area contributed by atoms with Crippen molar-refractivity contribution in [3.05, 3.63) is 83.7 Å². The second-order valence-corrected chi connectivity index (χ2v) is 6.21. The Hall–Kier alpha value is -3.38. The standard InChI is InChI=1S/C22H23N3O3/c1-27-20-11-17(12-21(13-20)28-2)15-24-14-16-4-3-5-19(10-16)25-22(26)18-6-8-23-9-7-18/h3-13,24H,14-15H2,1-2H3,(H,25,26). The lowest BCUT2D eigenvalue weighted by atomic mass is 10.1. The summed E-state index contributed by atoms with van der Waals surface area (Å²) in [6.07, 6.45) is 3.20. The number of nitrogens with zero attached hydrogens (tertiary/aromatic N) is 1. The van der Waals surface area contributed by atoms with Gasteiger partial charge in [-0.3, -0.25) is 9.78 Å². The molecule has 0 atom stereocenters. The Morgan fingerprint density at radius 1 is 0.893 bits per heavy atom. The predicted octanol–water partition coefficient (Wildman–Crippen LogP) is 3.64. The molecule has 0 aliphatic carbocycles. The summed E-state index contributed by atoms with van der Waals surface area (Å²) in [4.78, 5) is 16.2. The Morgan fingerprint density at radius 2 is 1.57 bits per heavy atom. The zero-order valence-corrected chi connectivity index (χ0v) is 15.9. The molecule has 144 valence electrons. The van der Waals surface area contributed by atoms with E-state index in [9.17, 15) is 4.79 Å². The van der Waals surface area contributed by atoms with E-state index in [1.54, 1.807) is 38.7 Å². The van der Waals surface area contributed by atoms with Crippen molar-refractivity contribution >= 4 is 11.6 Å². The van der Waals surface area contributed by atoms with Gasteiger partial charge in [-0.2, -0.15) is 0 Å². The van der Waals surface area contributed by atoms with Crippen molar-refractivity contribution in [1.82, 2.24) is 10.3 Å². The Kier molecular flexibility index (Phi) is 6.59. The minimum absolute atomic E-state index is 0.156. The van der Waals surface area contributed by atoms with Crippen LogP contribution in [0.1, 0.15) is 21.5 Å². The molecule has 0 bridgehead atoms. The lowest BCUT2D eigenvalue weighted by molar-refractivity contribution is 0.102. The van der Waals surface area contributed by atoms with E-state index in [1.165, 1.54) is 0 Å². The quantitative estimate of drug-likeness (QED) is 0.627. The molecule has 0 spiro atoms. The van der Waals surface area contributed by atoms with Gasteiger partial charge in [0.05, 0.1) is 14.2 Å². The lowest BCUT2D eigenvalue weighted by Crippen LogP contribution is -2.14. The molecular weight excluding hydrogens is 354 g/mol. The number of hydrogen-bond acceptors (Lipinski definition) is 5. The maximum absolute atomic E-state index is 12.3. The number of carbonyl (C=O) groups excluding carboxylic acids is 1. The van der Waals surface area contributed by atoms with E-state index >= 15 is 0 Å². The van der Waals surface area contributed by atoms with Gasteiger partial charge in [-0.1, -0.05) is 12.1 Å². The highest BCUT2D eigenvalue weighted by Crippen LogP contribution is 2.22. The van der Waals surface area contributed by atoms with Crippen molar-refractivity contribution in [2.75, 3.05) is 19.5 Å². The minimum Gasteiger partial charge on any atom is -0.497 e. The van der Waals surface area contributed by atoms with E-state index in [4.69, 9.17) is 9.47 Å². The van der Waals surface area contributed by atoms with Gasteiger partial charge in [0.25, 0.3) is 5.91 Å². The number of ether oxygens (including phenoxy) is 2. The molecule has 3 aromatic rings. The molecule has 0 saturated heterocycles. The van der Waals surface area contributed by atoms with Crippen molar-refractivity contribution in [1.29, 1.82) is 0 Å². The van der Waals surface area contributed by atoms with Gasteiger partial charge in [-0.15, -0.1) is 0 Å². The number of amides is 1.